The SMILES string of the molecule is O=C(Cc1cccc(O)c1)c1ccco1. The average Bonchev–Trinajstić information content (AvgIpc) is 2.70. The van der Waals surface area contributed by atoms with Gasteiger partial charge in [-0.25, -0.2) is 0 Å². The van der Waals surface area contributed by atoms with Crippen molar-refractivity contribution >= 4 is 5.78 Å². The molecule has 0 aliphatic rings. The Morgan fingerprint density at radius 2 is 2.13 bits per heavy atom. The molecule has 0 spiro atoms. The molecule has 0 amide bonds. The van der Waals surface area contributed by atoms with Crippen molar-refractivity contribution in [1.82, 2.24) is 0 Å². The van der Waals surface area contributed by atoms with Crippen molar-refractivity contribution in [2.24, 2.45) is 0 Å². The van der Waals surface area contributed by atoms with Gasteiger partial charge in [0.25, 0.3) is 0 Å². The number of ketones is 1. The number of Topliss-reactive ketones (excluding diaryl/α,β-unsaturated/α-hetero) is 1. The Balaban J connectivity index is 2.13. The highest BCUT2D eigenvalue weighted by Crippen LogP contribution is 2.13. The van der Waals surface area contributed by atoms with Gasteiger partial charge in [0.05, 0.1) is 6.26 Å². The molecule has 15 heavy (non-hydrogen) atoms. The maximum atomic E-state index is 11.6. The fraction of sp³-hybridized carbons (Fsp3) is 0.0833. The van der Waals surface area contributed by atoms with Gasteiger partial charge >= 0.3 is 0 Å². The Kier molecular flexibility index (Phi) is 2.54. The molecule has 1 aromatic carbocycles. The Bertz CT molecular complexity index is 457. The van der Waals surface area contributed by atoms with E-state index in [9.17, 15) is 9.90 Å². The summed E-state index contributed by atoms with van der Waals surface area (Å²) in [4.78, 5) is 11.6. The number of hydrogen-bond donors (Lipinski definition) is 1. The highest BCUT2D eigenvalue weighted by molar-refractivity contribution is 5.94. The van der Waals surface area contributed by atoms with E-state index in [1.54, 1.807) is 36.4 Å². The molecule has 0 atom stereocenters. The molecule has 1 heterocycles. The molecule has 3 heteroatoms. The maximum Gasteiger partial charge on any atom is 0.202 e. The van der Waals surface area contributed by atoms with E-state index >= 15 is 0 Å². The van der Waals surface area contributed by atoms with E-state index in [-0.39, 0.29) is 18.0 Å². The largest absolute Gasteiger partial charge is 0.508 e. The van der Waals surface area contributed by atoms with Crippen LogP contribution in [0.3, 0.4) is 0 Å². The first kappa shape index (κ1) is 9.52. The minimum Gasteiger partial charge on any atom is -0.508 e. The highest BCUT2D eigenvalue weighted by atomic mass is 16.3. The highest BCUT2D eigenvalue weighted by Gasteiger charge is 2.09. The second-order valence-electron chi connectivity index (χ2n) is 3.25. The predicted molar refractivity (Wildman–Crippen MR) is 54.8 cm³/mol. The lowest BCUT2D eigenvalue weighted by atomic mass is 10.1. The monoisotopic (exact) mass is 202 g/mol. The lowest BCUT2D eigenvalue weighted by Gasteiger charge is -1.99. The fourth-order valence-corrected chi connectivity index (χ4v) is 1.38. The van der Waals surface area contributed by atoms with E-state index in [1.807, 2.05) is 0 Å². The van der Waals surface area contributed by atoms with E-state index in [1.165, 1.54) is 6.26 Å². The Morgan fingerprint density at radius 3 is 2.80 bits per heavy atom. The van der Waals surface area contributed by atoms with Crippen LogP contribution in [-0.2, 0) is 6.42 Å². The summed E-state index contributed by atoms with van der Waals surface area (Å²) in [6, 6.07) is 9.95. The molecule has 0 fully saturated rings. The Hall–Kier alpha value is -2.03. The lowest BCUT2D eigenvalue weighted by molar-refractivity contribution is 0.0966. The fourth-order valence-electron chi connectivity index (χ4n) is 1.38. The van der Waals surface area contributed by atoms with Crippen molar-refractivity contribution in [1.29, 1.82) is 0 Å². The van der Waals surface area contributed by atoms with Crippen molar-refractivity contribution < 1.29 is 14.3 Å². The third kappa shape index (κ3) is 2.26. The smallest absolute Gasteiger partial charge is 0.202 e. The van der Waals surface area contributed by atoms with E-state index in [2.05, 4.69) is 0 Å². The topological polar surface area (TPSA) is 50.4 Å². The van der Waals surface area contributed by atoms with Crippen molar-refractivity contribution in [3.63, 3.8) is 0 Å². The Labute approximate surface area is 87.0 Å². The molecule has 0 aliphatic heterocycles. The van der Waals surface area contributed by atoms with Gasteiger partial charge in [-0.05, 0) is 29.8 Å². The van der Waals surface area contributed by atoms with Gasteiger partial charge in [0, 0.05) is 6.42 Å². The first-order valence-electron chi connectivity index (χ1n) is 4.60. The van der Waals surface area contributed by atoms with Gasteiger partial charge in [0.15, 0.2) is 5.76 Å². The second kappa shape index (κ2) is 4.00. The summed E-state index contributed by atoms with van der Waals surface area (Å²) in [6.07, 6.45) is 1.71. The minimum absolute atomic E-state index is 0.0920. The number of rotatable bonds is 3. The predicted octanol–water partition coefficient (Wildman–Crippen LogP) is 2.41. The van der Waals surface area contributed by atoms with Crippen LogP contribution in [0.4, 0.5) is 0 Å². The normalized spacial score (nSPS) is 10.1. The summed E-state index contributed by atoms with van der Waals surface area (Å²) >= 11 is 0. The number of benzene rings is 1. The van der Waals surface area contributed by atoms with Gasteiger partial charge in [-0.3, -0.25) is 4.79 Å². The van der Waals surface area contributed by atoms with Crippen molar-refractivity contribution in [2.45, 2.75) is 6.42 Å². The van der Waals surface area contributed by atoms with Crippen LogP contribution in [0.25, 0.3) is 0 Å². The first-order valence-corrected chi connectivity index (χ1v) is 4.60. The molecule has 0 saturated carbocycles. The standard InChI is InChI=1S/C12H10O3/c13-10-4-1-3-9(7-10)8-11(14)12-5-2-6-15-12/h1-7,13H,8H2. The second-order valence-corrected chi connectivity index (χ2v) is 3.25. The average molecular weight is 202 g/mol. The quantitative estimate of drug-likeness (QED) is 0.777. The van der Waals surface area contributed by atoms with Crippen LogP contribution in [0.5, 0.6) is 5.75 Å². The number of carbonyl (C=O) groups excluding carboxylic acids is 1. The summed E-state index contributed by atoms with van der Waals surface area (Å²) in [5.74, 6) is 0.420. The van der Waals surface area contributed by atoms with Gasteiger partial charge in [-0.15, -0.1) is 0 Å². The van der Waals surface area contributed by atoms with E-state index in [0.29, 0.717) is 5.76 Å². The van der Waals surface area contributed by atoms with E-state index < -0.39 is 0 Å². The molecule has 0 aliphatic carbocycles. The van der Waals surface area contributed by atoms with Gasteiger partial charge in [-0.1, -0.05) is 12.1 Å². The zero-order valence-corrected chi connectivity index (χ0v) is 8.01. The van der Waals surface area contributed by atoms with Crippen molar-refractivity contribution in [2.75, 3.05) is 0 Å². The molecular weight excluding hydrogens is 192 g/mol. The summed E-state index contributed by atoms with van der Waals surface area (Å²) in [5, 5.41) is 9.22. The summed E-state index contributed by atoms with van der Waals surface area (Å²) in [5.41, 5.74) is 0.774. The van der Waals surface area contributed by atoms with Gasteiger partial charge < -0.3 is 9.52 Å². The molecular formula is C12H10O3. The third-order valence-corrected chi connectivity index (χ3v) is 2.07. The molecule has 0 radical (unpaired) electrons. The van der Waals surface area contributed by atoms with E-state index in [0.717, 1.165) is 5.56 Å². The van der Waals surface area contributed by atoms with Crippen LogP contribution in [0.15, 0.2) is 47.1 Å². The van der Waals surface area contributed by atoms with Crippen molar-refractivity contribution in [3.8, 4) is 5.75 Å². The first-order chi connectivity index (χ1) is 7.25. The van der Waals surface area contributed by atoms with E-state index in [4.69, 9.17) is 4.42 Å². The van der Waals surface area contributed by atoms with Crippen LogP contribution in [-0.4, -0.2) is 10.9 Å². The van der Waals surface area contributed by atoms with Crippen molar-refractivity contribution in [3.05, 3.63) is 54.0 Å². The summed E-state index contributed by atoms with van der Waals surface area (Å²) in [6.45, 7) is 0. The third-order valence-electron chi connectivity index (χ3n) is 2.07. The zero-order valence-electron chi connectivity index (χ0n) is 8.01. The molecule has 3 nitrogen and oxygen atoms in total. The molecule has 1 aromatic heterocycles. The van der Waals surface area contributed by atoms with Gasteiger partial charge in [0.1, 0.15) is 5.75 Å². The number of carbonyl (C=O) groups is 1. The van der Waals surface area contributed by atoms with Crippen LogP contribution in [0, 0.1) is 0 Å². The number of aromatic hydroxyl groups is 1. The Morgan fingerprint density at radius 1 is 1.27 bits per heavy atom. The van der Waals surface area contributed by atoms with Crippen LogP contribution in [0.1, 0.15) is 16.1 Å². The maximum absolute atomic E-state index is 11.6. The molecule has 2 rings (SSSR count). The number of phenols is 1. The lowest BCUT2D eigenvalue weighted by Crippen LogP contribution is -2.01. The number of hydrogen-bond acceptors (Lipinski definition) is 3. The van der Waals surface area contributed by atoms with Gasteiger partial charge in [-0.2, -0.15) is 0 Å². The molecule has 0 bridgehead atoms. The molecule has 0 saturated heterocycles. The number of furan rings is 1. The molecule has 2 aromatic rings. The zero-order chi connectivity index (χ0) is 10.7. The van der Waals surface area contributed by atoms with Crippen LogP contribution < -0.4 is 0 Å². The summed E-state index contributed by atoms with van der Waals surface area (Å²) < 4.78 is 4.99. The number of phenolic OH excluding ortho intramolecular Hbond substituents is 1. The molecule has 1 N–H and O–H groups in total. The molecule has 76 valence electrons. The van der Waals surface area contributed by atoms with Crippen LogP contribution >= 0.6 is 0 Å². The van der Waals surface area contributed by atoms with Gasteiger partial charge in [0.2, 0.25) is 5.78 Å². The molecule has 0 unspecified atom stereocenters. The van der Waals surface area contributed by atoms with Crippen LogP contribution in [0.2, 0.25) is 0 Å². The minimum atomic E-state index is -0.0920. The summed E-state index contributed by atoms with van der Waals surface area (Å²) in [7, 11) is 0.